The summed E-state index contributed by atoms with van der Waals surface area (Å²) in [5.41, 5.74) is -2.45. The van der Waals surface area contributed by atoms with Gasteiger partial charge in [-0.05, 0) is 37.3 Å². The first-order valence-electron chi connectivity index (χ1n) is 7.54. The van der Waals surface area contributed by atoms with Crippen LogP contribution in [0.2, 0.25) is 5.02 Å². The highest BCUT2D eigenvalue weighted by Crippen LogP contribution is 2.36. The van der Waals surface area contributed by atoms with Gasteiger partial charge in [-0.3, -0.25) is 9.59 Å². The lowest BCUT2D eigenvalue weighted by Crippen LogP contribution is -2.59. The molecule has 7 heteroatoms. The second-order valence-corrected chi connectivity index (χ2v) is 5.84. The molecule has 128 valence electrons. The van der Waals surface area contributed by atoms with E-state index in [4.69, 9.17) is 16.3 Å². The number of benzene rings is 2. The number of rotatable bonds is 3. The Morgan fingerprint density at radius 1 is 1.16 bits per heavy atom. The van der Waals surface area contributed by atoms with Crippen molar-refractivity contribution in [3.05, 3.63) is 64.7 Å². The molecule has 0 fully saturated rings. The molecule has 1 heterocycles. The molecule has 0 saturated carbocycles. The van der Waals surface area contributed by atoms with Gasteiger partial charge in [0.15, 0.2) is 0 Å². The van der Waals surface area contributed by atoms with Crippen LogP contribution in [0.25, 0.3) is 0 Å². The highest BCUT2D eigenvalue weighted by atomic mass is 35.5. The summed E-state index contributed by atoms with van der Waals surface area (Å²) in [6, 6.07) is 11.8. The molecule has 1 N–H and O–H groups in total. The molecule has 3 rings (SSSR count). The summed E-state index contributed by atoms with van der Waals surface area (Å²) in [6.07, 6.45) is 0. The van der Waals surface area contributed by atoms with E-state index < -0.39 is 23.4 Å². The van der Waals surface area contributed by atoms with Gasteiger partial charge < -0.3 is 9.84 Å². The van der Waals surface area contributed by atoms with Crippen LogP contribution in [0.4, 0.5) is 5.69 Å². The minimum absolute atomic E-state index is 0.0223. The van der Waals surface area contributed by atoms with Crippen LogP contribution in [-0.2, 0) is 19.9 Å². The maximum atomic E-state index is 12.9. The van der Waals surface area contributed by atoms with Gasteiger partial charge in [0, 0.05) is 16.1 Å². The molecular formula is C18H14ClNO5. The molecule has 25 heavy (non-hydrogen) atoms. The average molecular weight is 360 g/mol. The van der Waals surface area contributed by atoms with Crippen molar-refractivity contribution in [2.45, 2.75) is 12.5 Å². The second kappa shape index (κ2) is 6.31. The van der Waals surface area contributed by atoms with Gasteiger partial charge in [0.25, 0.3) is 17.4 Å². The van der Waals surface area contributed by atoms with E-state index in [2.05, 4.69) is 0 Å². The summed E-state index contributed by atoms with van der Waals surface area (Å²) >= 11 is 5.84. The van der Waals surface area contributed by atoms with E-state index in [0.717, 1.165) is 4.90 Å². The summed E-state index contributed by atoms with van der Waals surface area (Å²) in [6.45, 7) is 1.54. The van der Waals surface area contributed by atoms with Crippen molar-refractivity contribution in [1.29, 1.82) is 0 Å². The van der Waals surface area contributed by atoms with Crippen molar-refractivity contribution in [2.24, 2.45) is 0 Å². The third-order valence-corrected chi connectivity index (χ3v) is 4.17. The number of imide groups is 1. The van der Waals surface area contributed by atoms with Crippen molar-refractivity contribution in [3.63, 3.8) is 0 Å². The lowest BCUT2D eigenvalue weighted by molar-refractivity contribution is -0.171. The van der Waals surface area contributed by atoms with Crippen LogP contribution in [0, 0.1) is 0 Å². The quantitative estimate of drug-likeness (QED) is 0.516. The highest BCUT2D eigenvalue weighted by molar-refractivity contribution is 6.32. The zero-order valence-corrected chi connectivity index (χ0v) is 14.0. The van der Waals surface area contributed by atoms with Crippen LogP contribution in [0.5, 0.6) is 0 Å². The molecule has 1 aliphatic rings. The molecule has 6 nitrogen and oxygen atoms in total. The first-order valence-corrected chi connectivity index (χ1v) is 7.92. The Balaban J connectivity index is 2.21. The van der Waals surface area contributed by atoms with E-state index in [-0.39, 0.29) is 23.4 Å². The SMILES string of the molecule is CCOC(=O)C1(O)C(=O)N(c2ccc(Cl)cc2)C(=O)c2ccccc21. The standard InChI is InChI=1S/C18H14ClNO5/c1-2-25-17(23)18(24)14-6-4-3-5-13(14)15(21)20(16(18)22)12-9-7-11(19)8-10-12/h3-10,24H,2H2,1H3. The van der Waals surface area contributed by atoms with Crippen LogP contribution >= 0.6 is 11.6 Å². The molecule has 0 aliphatic carbocycles. The van der Waals surface area contributed by atoms with Gasteiger partial charge in [-0.15, -0.1) is 0 Å². The van der Waals surface area contributed by atoms with E-state index in [1.54, 1.807) is 13.0 Å². The van der Waals surface area contributed by atoms with Gasteiger partial charge >= 0.3 is 5.97 Å². The number of nitrogens with zero attached hydrogens (tertiary/aromatic N) is 1. The number of carbonyl (C=O) groups excluding carboxylic acids is 3. The van der Waals surface area contributed by atoms with Crippen molar-refractivity contribution in [3.8, 4) is 0 Å². The van der Waals surface area contributed by atoms with Gasteiger partial charge in [0.2, 0.25) is 0 Å². The van der Waals surface area contributed by atoms with Gasteiger partial charge in [-0.1, -0.05) is 29.8 Å². The Morgan fingerprint density at radius 3 is 2.44 bits per heavy atom. The molecule has 0 radical (unpaired) electrons. The first kappa shape index (κ1) is 17.1. The minimum atomic E-state index is -2.60. The molecule has 1 atom stereocenters. The van der Waals surface area contributed by atoms with Crippen molar-refractivity contribution in [1.82, 2.24) is 0 Å². The smallest absolute Gasteiger partial charge is 0.353 e. The van der Waals surface area contributed by atoms with Crippen molar-refractivity contribution >= 4 is 35.1 Å². The normalized spacial score (nSPS) is 19.6. The molecule has 2 amide bonds. The second-order valence-electron chi connectivity index (χ2n) is 5.40. The Bertz CT molecular complexity index is 864. The molecule has 2 aromatic rings. The fraction of sp³-hybridized carbons (Fsp3) is 0.167. The topological polar surface area (TPSA) is 83.9 Å². The fourth-order valence-electron chi connectivity index (χ4n) is 2.73. The lowest BCUT2D eigenvalue weighted by Gasteiger charge is -2.36. The van der Waals surface area contributed by atoms with Crippen molar-refractivity contribution < 1.29 is 24.2 Å². The minimum Gasteiger partial charge on any atom is -0.463 e. The zero-order chi connectivity index (χ0) is 18.2. The number of esters is 1. The Labute approximate surface area is 148 Å². The monoisotopic (exact) mass is 359 g/mol. The number of anilines is 1. The molecule has 1 aliphatic heterocycles. The van der Waals surface area contributed by atoms with E-state index >= 15 is 0 Å². The molecular weight excluding hydrogens is 346 g/mol. The van der Waals surface area contributed by atoms with Gasteiger partial charge in [0.05, 0.1) is 12.3 Å². The third-order valence-electron chi connectivity index (χ3n) is 3.92. The predicted molar refractivity (Wildman–Crippen MR) is 90.2 cm³/mol. The number of hydrogen-bond donors (Lipinski definition) is 1. The predicted octanol–water partition coefficient (Wildman–Crippen LogP) is 2.28. The first-order chi connectivity index (χ1) is 11.9. The third kappa shape index (κ3) is 2.59. The van der Waals surface area contributed by atoms with E-state index in [1.165, 1.54) is 42.5 Å². The number of amides is 2. The van der Waals surface area contributed by atoms with Crippen LogP contribution < -0.4 is 4.90 Å². The average Bonchev–Trinajstić information content (AvgIpc) is 2.62. The van der Waals surface area contributed by atoms with Gasteiger partial charge in [-0.25, -0.2) is 9.69 Å². The lowest BCUT2D eigenvalue weighted by atomic mass is 9.84. The van der Waals surface area contributed by atoms with E-state index in [9.17, 15) is 19.5 Å². The summed E-state index contributed by atoms with van der Waals surface area (Å²) < 4.78 is 4.88. The number of fused-ring (bicyclic) bond motifs is 1. The molecule has 2 aromatic carbocycles. The number of hydrogen-bond acceptors (Lipinski definition) is 5. The maximum Gasteiger partial charge on any atom is 0.353 e. The largest absolute Gasteiger partial charge is 0.463 e. The summed E-state index contributed by atoms with van der Waals surface area (Å²) in [5.74, 6) is -2.85. The van der Waals surface area contributed by atoms with Crippen LogP contribution in [0.15, 0.2) is 48.5 Å². The number of aliphatic hydroxyl groups is 1. The molecule has 0 aromatic heterocycles. The fourth-order valence-corrected chi connectivity index (χ4v) is 2.86. The van der Waals surface area contributed by atoms with Crippen molar-refractivity contribution in [2.75, 3.05) is 11.5 Å². The zero-order valence-electron chi connectivity index (χ0n) is 13.2. The Hall–Kier alpha value is -2.70. The summed E-state index contributed by atoms with van der Waals surface area (Å²) in [7, 11) is 0. The number of ether oxygens (including phenoxy) is 1. The van der Waals surface area contributed by atoms with Crippen LogP contribution in [-0.4, -0.2) is 29.5 Å². The number of halogens is 1. The van der Waals surface area contributed by atoms with Gasteiger partial charge in [-0.2, -0.15) is 0 Å². The molecule has 0 saturated heterocycles. The van der Waals surface area contributed by atoms with E-state index in [1.807, 2.05) is 0 Å². The summed E-state index contributed by atoms with van der Waals surface area (Å²) in [5, 5.41) is 11.4. The van der Waals surface area contributed by atoms with E-state index in [0.29, 0.717) is 5.02 Å². The maximum absolute atomic E-state index is 12.9. The van der Waals surface area contributed by atoms with Gasteiger partial charge in [0.1, 0.15) is 0 Å². The van der Waals surface area contributed by atoms with Crippen LogP contribution in [0.3, 0.4) is 0 Å². The number of carbonyl (C=O) groups is 3. The van der Waals surface area contributed by atoms with Crippen LogP contribution in [0.1, 0.15) is 22.8 Å². The Kier molecular flexibility index (Phi) is 4.32. The highest BCUT2D eigenvalue weighted by Gasteiger charge is 2.56. The molecule has 1 unspecified atom stereocenters. The Morgan fingerprint density at radius 2 is 1.80 bits per heavy atom. The molecule has 0 spiro atoms. The molecule has 0 bridgehead atoms. The summed E-state index contributed by atoms with van der Waals surface area (Å²) in [4.78, 5) is 38.9.